The molecule has 3 atom stereocenters. The molecule has 0 spiro atoms. The van der Waals surface area contributed by atoms with Crippen molar-refractivity contribution in [1.29, 1.82) is 0 Å². The second-order valence-electron chi connectivity index (χ2n) is 5.55. The molecule has 104 valence electrons. The molecule has 0 bridgehead atoms. The zero-order valence-corrected chi connectivity index (χ0v) is 12.0. The molecule has 1 saturated heterocycles. The first-order valence-electron chi connectivity index (χ1n) is 6.96. The lowest BCUT2D eigenvalue weighted by molar-refractivity contribution is 0.0994. The molecule has 0 saturated carbocycles. The minimum atomic E-state index is 0.101. The second-order valence-corrected chi connectivity index (χ2v) is 5.98. The maximum atomic E-state index is 6.37. The molecule has 2 heterocycles. The highest BCUT2D eigenvalue weighted by atomic mass is 35.5. The summed E-state index contributed by atoms with van der Waals surface area (Å²) in [5.74, 6) is 1.43. The van der Waals surface area contributed by atoms with E-state index in [0.717, 1.165) is 48.8 Å². The van der Waals surface area contributed by atoms with Gasteiger partial charge in [-0.05, 0) is 43.0 Å². The molecule has 2 N–H and O–H groups in total. The molecule has 0 amide bonds. The van der Waals surface area contributed by atoms with E-state index in [1.807, 2.05) is 12.1 Å². The maximum Gasteiger partial charge on any atom is 0.125 e. The zero-order chi connectivity index (χ0) is 13.4. The van der Waals surface area contributed by atoms with E-state index < -0.39 is 0 Å². The van der Waals surface area contributed by atoms with Crippen LogP contribution in [-0.2, 0) is 17.6 Å². The van der Waals surface area contributed by atoms with Crippen molar-refractivity contribution in [3.63, 3.8) is 0 Å². The SMILES string of the molecule is CC1OCCC1C(N)Cc1cc(Cl)cc2c1OCC2. The molecule has 1 fully saturated rings. The third-order valence-electron chi connectivity index (χ3n) is 4.27. The van der Waals surface area contributed by atoms with Crippen molar-refractivity contribution in [2.75, 3.05) is 13.2 Å². The monoisotopic (exact) mass is 281 g/mol. The summed E-state index contributed by atoms with van der Waals surface area (Å²) in [6.45, 7) is 3.68. The van der Waals surface area contributed by atoms with Crippen LogP contribution in [0.2, 0.25) is 5.02 Å². The van der Waals surface area contributed by atoms with E-state index in [4.69, 9.17) is 26.8 Å². The van der Waals surface area contributed by atoms with E-state index in [1.54, 1.807) is 0 Å². The molecule has 2 aliphatic heterocycles. The maximum absolute atomic E-state index is 6.37. The molecule has 1 aromatic rings. The molecule has 0 radical (unpaired) electrons. The van der Waals surface area contributed by atoms with Crippen LogP contribution in [0.4, 0.5) is 0 Å². The van der Waals surface area contributed by atoms with Crippen LogP contribution in [0.5, 0.6) is 5.75 Å². The van der Waals surface area contributed by atoms with Gasteiger partial charge < -0.3 is 15.2 Å². The molecule has 4 heteroatoms. The third-order valence-corrected chi connectivity index (χ3v) is 4.48. The Morgan fingerprint density at radius 2 is 2.26 bits per heavy atom. The smallest absolute Gasteiger partial charge is 0.125 e. The normalized spacial score (nSPS) is 27.1. The summed E-state index contributed by atoms with van der Waals surface area (Å²) in [4.78, 5) is 0. The van der Waals surface area contributed by atoms with Crippen LogP contribution in [0.1, 0.15) is 24.5 Å². The summed E-state index contributed by atoms with van der Waals surface area (Å²) < 4.78 is 11.3. The Balaban J connectivity index is 1.79. The Morgan fingerprint density at radius 1 is 1.42 bits per heavy atom. The molecule has 0 aromatic heterocycles. The van der Waals surface area contributed by atoms with Gasteiger partial charge in [0.15, 0.2) is 0 Å². The van der Waals surface area contributed by atoms with Gasteiger partial charge in [-0.1, -0.05) is 11.6 Å². The Morgan fingerprint density at radius 3 is 3.00 bits per heavy atom. The molecule has 1 aromatic carbocycles. The first-order chi connectivity index (χ1) is 9.15. The average molecular weight is 282 g/mol. The fraction of sp³-hybridized carbons (Fsp3) is 0.600. The Kier molecular flexibility index (Phi) is 3.70. The molecular weight excluding hydrogens is 262 g/mol. The van der Waals surface area contributed by atoms with Crippen LogP contribution in [0, 0.1) is 5.92 Å². The van der Waals surface area contributed by atoms with Crippen LogP contribution >= 0.6 is 11.6 Å². The molecule has 0 aliphatic carbocycles. The minimum Gasteiger partial charge on any atom is -0.493 e. The predicted molar refractivity (Wildman–Crippen MR) is 75.9 cm³/mol. The third kappa shape index (κ3) is 2.60. The van der Waals surface area contributed by atoms with Crippen molar-refractivity contribution in [2.24, 2.45) is 11.7 Å². The highest BCUT2D eigenvalue weighted by Crippen LogP contribution is 2.35. The number of halogens is 1. The van der Waals surface area contributed by atoms with Crippen LogP contribution in [0.3, 0.4) is 0 Å². The molecule has 3 unspecified atom stereocenters. The van der Waals surface area contributed by atoms with Gasteiger partial charge in [-0.2, -0.15) is 0 Å². The molecule has 2 aliphatic rings. The van der Waals surface area contributed by atoms with Crippen LogP contribution in [0.15, 0.2) is 12.1 Å². The summed E-state index contributed by atoms with van der Waals surface area (Å²) >= 11 is 6.18. The van der Waals surface area contributed by atoms with Crippen LogP contribution < -0.4 is 10.5 Å². The number of benzene rings is 1. The lowest BCUT2D eigenvalue weighted by Crippen LogP contribution is -2.36. The molecule has 3 rings (SSSR count). The summed E-state index contributed by atoms with van der Waals surface area (Å²) in [6.07, 6.45) is 3.05. The van der Waals surface area contributed by atoms with Gasteiger partial charge in [-0.25, -0.2) is 0 Å². The predicted octanol–water partition coefficient (Wildman–Crippen LogP) is 2.57. The van der Waals surface area contributed by atoms with Gasteiger partial charge >= 0.3 is 0 Å². The Labute approximate surface area is 119 Å². The average Bonchev–Trinajstić information content (AvgIpc) is 2.97. The van der Waals surface area contributed by atoms with Gasteiger partial charge in [-0.3, -0.25) is 0 Å². The standard InChI is InChI=1S/C15H20ClNO2/c1-9-13(3-5-18-9)14(17)8-11-7-12(16)6-10-2-4-19-15(10)11/h6-7,9,13-14H,2-5,8,17H2,1H3. The van der Waals surface area contributed by atoms with Gasteiger partial charge in [0, 0.05) is 30.0 Å². The number of nitrogens with two attached hydrogens (primary N) is 1. The van der Waals surface area contributed by atoms with Crippen molar-refractivity contribution >= 4 is 11.6 Å². The van der Waals surface area contributed by atoms with E-state index in [1.165, 1.54) is 5.56 Å². The van der Waals surface area contributed by atoms with E-state index in [2.05, 4.69) is 6.92 Å². The van der Waals surface area contributed by atoms with Gasteiger partial charge in [0.2, 0.25) is 0 Å². The largest absolute Gasteiger partial charge is 0.493 e. The summed E-state index contributed by atoms with van der Waals surface area (Å²) in [6, 6.07) is 4.09. The lowest BCUT2D eigenvalue weighted by atomic mass is 9.89. The van der Waals surface area contributed by atoms with Crippen LogP contribution in [-0.4, -0.2) is 25.4 Å². The quantitative estimate of drug-likeness (QED) is 0.926. The molecular formula is C15H20ClNO2. The zero-order valence-electron chi connectivity index (χ0n) is 11.2. The lowest BCUT2D eigenvalue weighted by Gasteiger charge is -2.23. The van der Waals surface area contributed by atoms with E-state index in [-0.39, 0.29) is 12.1 Å². The summed E-state index contributed by atoms with van der Waals surface area (Å²) in [5.41, 5.74) is 8.73. The fourth-order valence-corrected chi connectivity index (χ4v) is 3.48. The Bertz CT molecular complexity index is 477. The topological polar surface area (TPSA) is 44.5 Å². The number of hydrogen-bond donors (Lipinski definition) is 1. The highest BCUT2D eigenvalue weighted by Gasteiger charge is 2.31. The van der Waals surface area contributed by atoms with Gasteiger partial charge in [0.25, 0.3) is 0 Å². The summed E-state index contributed by atoms with van der Waals surface area (Å²) in [5, 5.41) is 0.780. The Hall–Kier alpha value is -0.770. The minimum absolute atomic E-state index is 0.101. The fourth-order valence-electron chi connectivity index (χ4n) is 3.21. The molecule has 3 nitrogen and oxygen atoms in total. The highest BCUT2D eigenvalue weighted by molar-refractivity contribution is 6.30. The number of ether oxygens (including phenoxy) is 2. The van der Waals surface area contributed by atoms with Gasteiger partial charge in [-0.15, -0.1) is 0 Å². The van der Waals surface area contributed by atoms with E-state index in [9.17, 15) is 0 Å². The number of hydrogen-bond acceptors (Lipinski definition) is 3. The van der Waals surface area contributed by atoms with Gasteiger partial charge in [0.1, 0.15) is 5.75 Å². The first-order valence-corrected chi connectivity index (χ1v) is 7.34. The van der Waals surface area contributed by atoms with Crippen molar-refractivity contribution in [3.05, 3.63) is 28.3 Å². The van der Waals surface area contributed by atoms with Gasteiger partial charge in [0.05, 0.1) is 12.7 Å². The van der Waals surface area contributed by atoms with E-state index in [0.29, 0.717) is 5.92 Å². The van der Waals surface area contributed by atoms with Crippen molar-refractivity contribution < 1.29 is 9.47 Å². The van der Waals surface area contributed by atoms with Crippen molar-refractivity contribution in [3.8, 4) is 5.75 Å². The van der Waals surface area contributed by atoms with Crippen LogP contribution in [0.25, 0.3) is 0 Å². The summed E-state index contributed by atoms with van der Waals surface area (Å²) in [7, 11) is 0. The number of rotatable bonds is 3. The second kappa shape index (κ2) is 5.31. The first kappa shape index (κ1) is 13.2. The van der Waals surface area contributed by atoms with E-state index >= 15 is 0 Å². The number of fused-ring (bicyclic) bond motifs is 1. The van der Waals surface area contributed by atoms with Crippen molar-refractivity contribution in [1.82, 2.24) is 0 Å². The molecule has 19 heavy (non-hydrogen) atoms. The van der Waals surface area contributed by atoms with Crippen molar-refractivity contribution in [2.45, 2.75) is 38.3 Å².